The van der Waals surface area contributed by atoms with Crippen molar-refractivity contribution in [2.24, 2.45) is 0 Å². The summed E-state index contributed by atoms with van der Waals surface area (Å²) in [7, 11) is 3.14. The van der Waals surface area contributed by atoms with E-state index in [-0.39, 0.29) is 5.97 Å². The van der Waals surface area contributed by atoms with Crippen LogP contribution in [0.2, 0.25) is 0 Å². The molecule has 0 saturated carbocycles. The molecule has 0 atom stereocenters. The number of esters is 1. The van der Waals surface area contributed by atoms with Crippen molar-refractivity contribution in [3.8, 4) is 0 Å². The van der Waals surface area contributed by atoms with Crippen LogP contribution >= 0.6 is 0 Å². The van der Waals surface area contributed by atoms with E-state index >= 15 is 0 Å². The van der Waals surface area contributed by atoms with E-state index in [2.05, 4.69) is 5.32 Å². The molecule has 0 radical (unpaired) electrons. The fourth-order valence-electron chi connectivity index (χ4n) is 1.40. The van der Waals surface area contributed by atoms with E-state index in [1.807, 2.05) is 38.1 Å². The number of ether oxygens (including phenoxy) is 1. The lowest BCUT2D eigenvalue weighted by atomic mass is 9.85. The summed E-state index contributed by atoms with van der Waals surface area (Å²) in [4.78, 5) is 11.5. The van der Waals surface area contributed by atoms with E-state index < -0.39 is 5.41 Å². The molecule has 0 heterocycles. The predicted molar refractivity (Wildman–Crippen MR) is 60.4 cm³/mol. The van der Waals surface area contributed by atoms with Crippen molar-refractivity contribution >= 4 is 11.7 Å². The number of rotatable bonds is 3. The Morgan fingerprint density at radius 1 is 1.27 bits per heavy atom. The molecular weight excluding hydrogens is 190 g/mol. The van der Waals surface area contributed by atoms with Gasteiger partial charge in [-0.2, -0.15) is 0 Å². The van der Waals surface area contributed by atoms with Crippen LogP contribution in [-0.2, 0) is 14.9 Å². The van der Waals surface area contributed by atoms with Crippen LogP contribution < -0.4 is 0 Å². The zero-order chi connectivity index (χ0) is 11.5. The lowest BCUT2D eigenvalue weighted by Crippen LogP contribution is -2.30. The third kappa shape index (κ3) is 2.29. The van der Waals surface area contributed by atoms with Crippen LogP contribution in [0.5, 0.6) is 0 Å². The summed E-state index contributed by atoms with van der Waals surface area (Å²) in [5.74, 6) is -0.233. The Kier molecular flexibility index (Phi) is 3.35. The Morgan fingerprint density at radius 3 is 2.20 bits per heavy atom. The van der Waals surface area contributed by atoms with Gasteiger partial charge in [0.2, 0.25) is 0 Å². The summed E-state index contributed by atoms with van der Waals surface area (Å²) >= 11 is 0. The molecule has 0 unspecified atom stereocenters. The smallest absolute Gasteiger partial charge is 0.315 e. The largest absolute Gasteiger partial charge is 0.687 e. The number of carbonyl (C=O) groups is 1. The molecule has 3 nitrogen and oxygen atoms in total. The van der Waals surface area contributed by atoms with Crippen LogP contribution in [0.25, 0.3) is 5.32 Å². The minimum atomic E-state index is -0.610. The van der Waals surface area contributed by atoms with Gasteiger partial charge in [0.05, 0.1) is 12.5 Å². The van der Waals surface area contributed by atoms with Gasteiger partial charge in [-0.3, -0.25) is 4.79 Å². The zero-order valence-electron chi connectivity index (χ0n) is 9.57. The number of hydrogen-bond donors (Lipinski definition) is 0. The lowest BCUT2D eigenvalue weighted by Gasteiger charge is -2.23. The Morgan fingerprint density at radius 2 is 1.80 bits per heavy atom. The summed E-state index contributed by atoms with van der Waals surface area (Å²) in [5.41, 5.74) is 1.22. The second-order valence-electron chi connectivity index (χ2n) is 3.89. The monoisotopic (exact) mass is 206 g/mol. The summed E-state index contributed by atoms with van der Waals surface area (Å²) in [5, 5.41) is 4.04. The molecule has 0 aromatic heterocycles. The van der Waals surface area contributed by atoms with Gasteiger partial charge in [-0.15, -0.1) is 12.7 Å². The number of methoxy groups -OCH3 is 1. The highest BCUT2D eigenvalue weighted by atomic mass is 16.5. The van der Waals surface area contributed by atoms with Crippen molar-refractivity contribution in [2.75, 3.05) is 14.2 Å². The molecule has 0 fully saturated rings. The van der Waals surface area contributed by atoms with E-state index in [1.54, 1.807) is 7.05 Å². The molecule has 0 N–H and O–H groups in total. The SMILES string of the molecule is C[N-]c1ccc(C(C)(C)C(=O)OC)cc1. The number of hydrogen-bond acceptors (Lipinski definition) is 2. The molecule has 15 heavy (non-hydrogen) atoms. The van der Waals surface area contributed by atoms with Gasteiger partial charge in [-0.05, 0) is 19.4 Å². The normalized spacial score (nSPS) is 10.9. The molecule has 0 aliphatic carbocycles. The van der Waals surface area contributed by atoms with E-state index in [9.17, 15) is 4.79 Å². The molecule has 82 valence electrons. The average molecular weight is 206 g/mol. The molecule has 0 spiro atoms. The van der Waals surface area contributed by atoms with Gasteiger partial charge in [0.25, 0.3) is 0 Å². The average Bonchev–Trinajstić information content (AvgIpc) is 2.28. The third-order valence-electron chi connectivity index (χ3n) is 2.54. The fraction of sp³-hybridized carbons (Fsp3) is 0.417. The van der Waals surface area contributed by atoms with Gasteiger partial charge in [-0.1, -0.05) is 24.3 Å². The van der Waals surface area contributed by atoms with E-state index in [4.69, 9.17) is 4.74 Å². The lowest BCUT2D eigenvalue weighted by molar-refractivity contribution is -0.146. The summed E-state index contributed by atoms with van der Waals surface area (Å²) < 4.78 is 4.76. The van der Waals surface area contributed by atoms with Gasteiger partial charge in [0.1, 0.15) is 0 Å². The van der Waals surface area contributed by atoms with E-state index in [0.717, 1.165) is 11.3 Å². The molecular formula is C12H16NO2-. The summed E-state index contributed by atoms with van der Waals surface area (Å²) in [6.07, 6.45) is 0. The Labute approximate surface area is 90.4 Å². The molecule has 1 aromatic rings. The Hall–Kier alpha value is -1.51. The number of carbonyl (C=O) groups excluding carboxylic acids is 1. The first-order chi connectivity index (χ1) is 7.02. The molecule has 1 aromatic carbocycles. The number of benzene rings is 1. The van der Waals surface area contributed by atoms with Crippen molar-refractivity contribution in [1.29, 1.82) is 0 Å². The molecule has 0 saturated heterocycles. The van der Waals surface area contributed by atoms with E-state index in [0.29, 0.717) is 0 Å². The first kappa shape index (κ1) is 11.6. The van der Waals surface area contributed by atoms with Crippen LogP contribution in [0.15, 0.2) is 24.3 Å². The maximum atomic E-state index is 11.5. The zero-order valence-corrected chi connectivity index (χ0v) is 9.57. The second kappa shape index (κ2) is 4.34. The fourth-order valence-corrected chi connectivity index (χ4v) is 1.40. The van der Waals surface area contributed by atoms with Gasteiger partial charge in [0, 0.05) is 0 Å². The Bertz CT molecular complexity index is 341. The summed E-state index contributed by atoms with van der Waals surface area (Å²) in [6, 6.07) is 7.58. The van der Waals surface area contributed by atoms with Gasteiger partial charge in [-0.25, -0.2) is 0 Å². The van der Waals surface area contributed by atoms with Crippen molar-refractivity contribution in [3.05, 3.63) is 35.1 Å². The van der Waals surface area contributed by atoms with Crippen molar-refractivity contribution in [3.63, 3.8) is 0 Å². The highest BCUT2D eigenvalue weighted by Gasteiger charge is 2.30. The second-order valence-corrected chi connectivity index (χ2v) is 3.89. The standard InChI is InChI=1S/C12H16NO2/c1-12(2,11(14)15-4)9-5-7-10(13-3)8-6-9/h5-8H,1-4H3/q-1. The van der Waals surface area contributed by atoms with Crippen LogP contribution in [0, 0.1) is 0 Å². The quantitative estimate of drug-likeness (QED) is 0.713. The van der Waals surface area contributed by atoms with Crippen LogP contribution in [0.3, 0.4) is 0 Å². The van der Waals surface area contributed by atoms with Gasteiger partial charge in [0.15, 0.2) is 0 Å². The molecule has 0 amide bonds. The highest BCUT2D eigenvalue weighted by Crippen LogP contribution is 2.27. The predicted octanol–water partition coefficient (Wildman–Crippen LogP) is 2.77. The molecule has 1 rings (SSSR count). The molecule has 0 bridgehead atoms. The van der Waals surface area contributed by atoms with Crippen molar-refractivity contribution in [2.45, 2.75) is 19.3 Å². The molecule has 0 aliphatic rings. The van der Waals surface area contributed by atoms with Crippen molar-refractivity contribution < 1.29 is 9.53 Å². The summed E-state index contributed by atoms with van der Waals surface area (Å²) in [6.45, 7) is 3.69. The topological polar surface area (TPSA) is 40.4 Å². The number of nitrogens with zero attached hydrogens (tertiary/aromatic N) is 1. The van der Waals surface area contributed by atoms with Crippen molar-refractivity contribution in [1.82, 2.24) is 0 Å². The van der Waals surface area contributed by atoms with Gasteiger partial charge >= 0.3 is 5.97 Å². The molecule has 3 heteroatoms. The maximum absolute atomic E-state index is 11.5. The first-order valence-corrected chi connectivity index (χ1v) is 4.81. The van der Waals surface area contributed by atoms with E-state index in [1.165, 1.54) is 7.11 Å². The molecule has 0 aliphatic heterocycles. The van der Waals surface area contributed by atoms with Crippen LogP contribution in [0.4, 0.5) is 5.69 Å². The van der Waals surface area contributed by atoms with Gasteiger partial charge < -0.3 is 10.1 Å². The maximum Gasteiger partial charge on any atom is 0.315 e. The highest BCUT2D eigenvalue weighted by molar-refractivity contribution is 5.82. The minimum absolute atomic E-state index is 0.233. The first-order valence-electron chi connectivity index (χ1n) is 4.81. The van der Waals surface area contributed by atoms with Crippen LogP contribution in [-0.4, -0.2) is 20.1 Å². The third-order valence-corrected chi connectivity index (χ3v) is 2.54. The Balaban J connectivity index is 3.00. The minimum Gasteiger partial charge on any atom is -0.687 e. The van der Waals surface area contributed by atoms with Crippen LogP contribution in [0.1, 0.15) is 19.4 Å².